The summed E-state index contributed by atoms with van der Waals surface area (Å²) >= 11 is 0. The summed E-state index contributed by atoms with van der Waals surface area (Å²) in [7, 11) is 0. The lowest BCUT2D eigenvalue weighted by molar-refractivity contribution is -0.128. The first-order valence-electron chi connectivity index (χ1n) is 14.5. The van der Waals surface area contributed by atoms with Crippen molar-refractivity contribution in [3.8, 4) is 28.6 Å². The highest BCUT2D eigenvalue weighted by Crippen LogP contribution is 2.37. The highest BCUT2D eigenvalue weighted by atomic mass is 16.7. The van der Waals surface area contributed by atoms with Crippen molar-refractivity contribution < 1.29 is 28.9 Å². The fourth-order valence-corrected chi connectivity index (χ4v) is 5.72. The molecule has 9 heteroatoms. The van der Waals surface area contributed by atoms with Crippen molar-refractivity contribution in [2.24, 2.45) is 0 Å². The number of nitrogens with one attached hydrogen (secondary N) is 1. The summed E-state index contributed by atoms with van der Waals surface area (Å²) in [6, 6.07) is 21.8. The number of aryl methyl sites for hydroxylation is 2. The molecule has 0 spiro atoms. The smallest absolute Gasteiger partial charge is 0.493 e. The second kappa shape index (κ2) is 12.4. The molecule has 2 N–H and O–H groups in total. The summed E-state index contributed by atoms with van der Waals surface area (Å²) in [5, 5.41) is 12.5. The Labute approximate surface area is 249 Å². The van der Waals surface area contributed by atoms with Crippen LogP contribution >= 0.6 is 0 Å². The first kappa shape index (κ1) is 28.1. The number of carbonyl (C=O) groups excluding carboxylic acids is 1. The van der Waals surface area contributed by atoms with Gasteiger partial charge in [0.1, 0.15) is 12.4 Å². The number of hydrogen-bond donors (Lipinski definition) is 2. The zero-order valence-electron chi connectivity index (χ0n) is 24.0. The number of nitrogens with zero attached hydrogens (tertiary/aromatic N) is 2. The maximum absolute atomic E-state index is 11.9. The molecule has 3 aromatic carbocycles. The van der Waals surface area contributed by atoms with Crippen molar-refractivity contribution in [2.75, 3.05) is 26.3 Å². The molecular formula is C34H33N3O6. The molecule has 220 valence electrons. The minimum absolute atomic E-state index is 0.162. The summed E-state index contributed by atoms with van der Waals surface area (Å²) in [6.45, 7) is 4.08. The van der Waals surface area contributed by atoms with Crippen molar-refractivity contribution in [2.45, 2.75) is 32.6 Å². The molecule has 2 aromatic heterocycles. The summed E-state index contributed by atoms with van der Waals surface area (Å²) < 4.78 is 17.3. The lowest BCUT2D eigenvalue weighted by Crippen LogP contribution is -2.29. The van der Waals surface area contributed by atoms with E-state index in [0.29, 0.717) is 44.9 Å². The monoisotopic (exact) mass is 579 g/mol. The summed E-state index contributed by atoms with van der Waals surface area (Å²) in [5.41, 5.74) is 4.27. The Morgan fingerprint density at radius 2 is 1.81 bits per heavy atom. The average Bonchev–Trinajstić information content (AvgIpc) is 3.58. The number of likely N-dealkylation sites (tertiary alicyclic amines) is 1. The van der Waals surface area contributed by atoms with Crippen LogP contribution in [0.15, 0.2) is 72.9 Å². The Kier molecular flexibility index (Phi) is 8.13. The number of rotatable bonds is 11. The second-order valence-corrected chi connectivity index (χ2v) is 10.6. The molecule has 3 heterocycles. The van der Waals surface area contributed by atoms with E-state index >= 15 is 0 Å². The molecule has 1 aliphatic heterocycles. The minimum atomic E-state index is -1.38. The van der Waals surface area contributed by atoms with E-state index < -0.39 is 6.16 Å². The predicted octanol–water partition coefficient (Wildman–Crippen LogP) is 6.76. The van der Waals surface area contributed by atoms with Gasteiger partial charge in [-0.3, -0.25) is 4.79 Å². The third-order valence-electron chi connectivity index (χ3n) is 7.82. The van der Waals surface area contributed by atoms with Crippen LogP contribution in [0, 0.1) is 6.92 Å². The van der Waals surface area contributed by atoms with Gasteiger partial charge >= 0.3 is 6.16 Å². The quantitative estimate of drug-likeness (QED) is 0.131. The van der Waals surface area contributed by atoms with Crippen molar-refractivity contribution in [3.63, 3.8) is 0 Å². The van der Waals surface area contributed by atoms with Gasteiger partial charge in [0.15, 0.2) is 0 Å². The fraction of sp³-hybridized carbons (Fsp3) is 0.265. The Hall–Kier alpha value is -5.05. The van der Waals surface area contributed by atoms with Gasteiger partial charge in [-0.25, -0.2) is 9.78 Å². The zero-order valence-corrected chi connectivity index (χ0v) is 24.0. The third kappa shape index (κ3) is 6.11. The Morgan fingerprint density at radius 3 is 2.65 bits per heavy atom. The van der Waals surface area contributed by atoms with Gasteiger partial charge in [-0.1, -0.05) is 54.6 Å². The lowest BCUT2D eigenvalue weighted by atomic mass is 9.98. The zero-order chi connectivity index (χ0) is 29.8. The maximum Gasteiger partial charge on any atom is 0.512 e. The number of carbonyl (C=O) groups is 2. The molecule has 1 amide bonds. The molecule has 0 unspecified atom stereocenters. The molecule has 0 saturated carbocycles. The number of fused-ring (bicyclic) bond motifs is 2. The summed E-state index contributed by atoms with van der Waals surface area (Å²) in [4.78, 5) is 33.0. The standard InChI is InChI=1S/C34H33N3O6/c1-22-21-35-30(42-19-17-37-16-6-15-31(37)38)20-28(22)26-12-5-11-25-27(33(36-32(25)26)43-34(39)40)13-7-18-41-29-14-4-9-23-8-2-3-10-24(23)29/h2-5,8-12,14,20-21,36H,6-7,13,15-19H2,1H3,(H,39,40). The number of pyridine rings is 1. The van der Waals surface area contributed by atoms with E-state index in [4.69, 9.17) is 14.2 Å². The number of hydrogen-bond acceptors (Lipinski definition) is 6. The van der Waals surface area contributed by atoms with E-state index in [1.165, 1.54) is 0 Å². The number of aromatic amines is 1. The largest absolute Gasteiger partial charge is 0.512 e. The molecule has 5 aromatic rings. The first-order valence-corrected chi connectivity index (χ1v) is 14.5. The molecule has 6 rings (SSSR count). The summed E-state index contributed by atoms with van der Waals surface area (Å²) in [5.74, 6) is 1.65. The Balaban J connectivity index is 1.22. The SMILES string of the molecule is Cc1cnc(OCCN2CCCC2=O)cc1-c1cccc2c(CCCOc3cccc4ccccc34)c(OC(=O)O)[nH]c12. The molecule has 9 nitrogen and oxygen atoms in total. The van der Waals surface area contributed by atoms with Gasteiger partial charge in [0, 0.05) is 47.1 Å². The Bertz CT molecular complexity index is 1790. The number of H-pyrrole nitrogens is 1. The molecule has 1 aliphatic rings. The molecule has 43 heavy (non-hydrogen) atoms. The minimum Gasteiger partial charge on any atom is -0.493 e. The van der Waals surface area contributed by atoms with Crippen LogP contribution in [0.1, 0.15) is 30.4 Å². The van der Waals surface area contributed by atoms with Gasteiger partial charge < -0.3 is 29.2 Å². The van der Waals surface area contributed by atoms with Crippen LogP contribution in [0.25, 0.3) is 32.8 Å². The van der Waals surface area contributed by atoms with Gasteiger partial charge in [-0.15, -0.1) is 0 Å². The van der Waals surface area contributed by atoms with Crippen LogP contribution in [-0.4, -0.2) is 58.3 Å². The number of carboxylic acid groups (broad SMARTS) is 1. The van der Waals surface area contributed by atoms with E-state index in [2.05, 4.69) is 22.1 Å². The van der Waals surface area contributed by atoms with E-state index in [0.717, 1.165) is 62.6 Å². The number of amides is 1. The average molecular weight is 580 g/mol. The van der Waals surface area contributed by atoms with Crippen LogP contribution in [-0.2, 0) is 11.2 Å². The van der Waals surface area contributed by atoms with Gasteiger partial charge in [0.25, 0.3) is 0 Å². The predicted molar refractivity (Wildman–Crippen MR) is 164 cm³/mol. The van der Waals surface area contributed by atoms with Crippen LogP contribution in [0.4, 0.5) is 4.79 Å². The molecular weight excluding hydrogens is 546 g/mol. The van der Waals surface area contributed by atoms with E-state index in [9.17, 15) is 14.7 Å². The van der Waals surface area contributed by atoms with E-state index in [1.54, 1.807) is 6.20 Å². The number of benzene rings is 3. The van der Waals surface area contributed by atoms with Crippen molar-refractivity contribution in [1.29, 1.82) is 0 Å². The summed E-state index contributed by atoms with van der Waals surface area (Å²) in [6.07, 6.45) is 3.07. The fourth-order valence-electron chi connectivity index (χ4n) is 5.72. The van der Waals surface area contributed by atoms with Crippen LogP contribution in [0.5, 0.6) is 17.5 Å². The second-order valence-electron chi connectivity index (χ2n) is 10.6. The Morgan fingerprint density at radius 1 is 1.00 bits per heavy atom. The molecule has 0 aliphatic carbocycles. The number of aromatic nitrogens is 2. The third-order valence-corrected chi connectivity index (χ3v) is 7.82. The normalized spacial score (nSPS) is 13.1. The molecule has 1 saturated heterocycles. The van der Waals surface area contributed by atoms with Crippen molar-refractivity contribution in [3.05, 3.63) is 84.1 Å². The van der Waals surface area contributed by atoms with E-state index in [-0.39, 0.29) is 11.8 Å². The van der Waals surface area contributed by atoms with Gasteiger partial charge in [-0.2, -0.15) is 0 Å². The molecule has 1 fully saturated rings. The highest BCUT2D eigenvalue weighted by molar-refractivity contribution is 5.98. The van der Waals surface area contributed by atoms with Gasteiger partial charge in [0.2, 0.25) is 17.7 Å². The van der Waals surface area contributed by atoms with Gasteiger partial charge in [-0.05, 0) is 48.8 Å². The van der Waals surface area contributed by atoms with Crippen molar-refractivity contribution >= 4 is 33.7 Å². The first-order chi connectivity index (χ1) is 21.0. The van der Waals surface area contributed by atoms with Crippen LogP contribution in [0.3, 0.4) is 0 Å². The van der Waals surface area contributed by atoms with Crippen LogP contribution in [0.2, 0.25) is 0 Å². The van der Waals surface area contributed by atoms with E-state index in [1.807, 2.05) is 66.4 Å². The number of ether oxygens (including phenoxy) is 3. The molecule has 0 bridgehead atoms. The maximum atomic E-state index is 11.9. The topological polar surface area (TPSA) is 114 Å². The van der Waals surface area contributed by atoms with Crippen LogP contribution < -0.4 is 14.2 Å². The number of para-hydroxylation sites is 1. The lowest BCUT2D eigenvalue weighted by Gasteiger charge is -2.16. The highest BCUT2D eigenvalue weighted by Gasteiger charge is 2.21. The molecule has 0 atom stereocenters. The van der Waals surface area contributed by atoms with Crippen molar-refractivity contribution in [1.82, 2.24) is 14.9 Å². The molecule has 0 radical (unpaired) electrons. The van der Waals surface area contributed by atoms with Gasteiger partial charge in [0.05, 0.1) is 18.7 Å².